The monoisotopic (exact) mass is 324 g/mol. The van der Waals surface area contributed by atoms with Crippen LogP contribution in [0.25, 0.3) is 11.3 Å². The van der Waals surface area contributed by atoms with E-state index in [0.29, 0.717) is 12.5 Å². The standard InChI is InChI=1S/C19H24N4O/c1-13(2)10-20-19-9-18(21-12-22-19)16-4-5-17-11-23(14(3)24)7-6-15(17)8-16/h4-5,8-9,12-13H,6-7,10-11H2,1-3H3,(H,20,21,22). The van der Waals surface area contributed by atoms with Crippen molar-refractivity contribution in [2.45, 2.75) is 33.7 Å². The highest BCUT2D eigenvalue weighted by Gasteiger charge is 2.18. The molecule has 0 aliphatic carbocycles. The minimum Gasteiger partial charge on any atom is -0.370 e. The molecular weight excluding hydrogens is 300 g/mol. The average molecular weight is 324 g/mol. The van der Waals surface area contributed by atoms with Crippen LogP contribution in [0.5, 0.6) is 0 Å². The van der Waals surface area contributed by atoms with E-state index in [0.717, 1.165) is 36.6 Å². The number of nitrogens with one attached hydrogen (secondary N) is 1. The van der Waals surface area contributed by atoms with Crippen molar-refractivity contribution in [3.63, 3.8) is 0 Å². The number of hydrogen-bond acceptors (Lipinski definition) is 4. The molecule has 2 heterocycles. The molecule has 0 spiro atoms. The van der Waals surface area contributed by atoms with Crippen LogP contribution < -0.4 is 5.32 Å². The van der Waals surface area contributed by atoms with Gasteiger partial charge in [0.15, 0.2) is 0 Å². The van der Waals surface area contributed by atoms with Crippen LogP contribution in [0.3, 0.4) is 0 Å². The number of anilines is 1. The molecule has 0 atom stereocenters. The summed E-state index contributed by atoms with van der Waals surface area (Å²) >= 11 is 0. The molecule has 2 aromatic rings. The van der Waals surface area contributed by atoms with Crippen LogP contribution in [0.4, 0.5) is 5.82 Å². The maximum atomic E-state index is 11.5. The molecule has 5 heteroatoms. The first kappa shape index (κ1) is 16.4. The van der Waals surface area contributed by atoms with Crippen molar-refractivity contribution in [3.8, 4) is 11.3 Å². The number of fused-ring (bicyclic) bond motifs is 1. The summed E-state index contributed by atoms with van der Waals surface area (Å²) in [5.41, 5.74) is 4.56. The van der Waals surface area contributed by atoms with E-state index >= 15 is 0 Å². The normalized spacial score (nSPS) is 13.8. The minimum absolute atomic E-state index is 0.140. The van der Waals surface area contributed by atoms with Crippen LogP contribution in [0.1, 0.15) is 31.9 Å². The molecule has 24 heavy (non-hydrogen) atoms. The lowest BCUT2D eigenvalue weighted by atomic mass is 9.96. The lowest BCUT2D eigenvalue weighted by molar-refractivity contribution is -0.129. The number of nitrogens with zero attached hydrogens (tertiary/aromatic N) is 3. The summed E-state index contributed by atoms with van der Waals surface area (Å²) in [4.78, 5) is 22.1. The van der Waals surface area contributed by atoms with E-state index in [1.807, 2.05) is 11.0 Å². The summed E-state index contributed by atoms with van der Waals surface area (Å²) in [7, 11) is 0. The number of benzene rings is 1. The van der Waals surface area contributed by atoms with Gasteiger partial charge in [0.05, 0.1) is 5.69 Å². The van der Waals surface area contributed by atoms with Crippen LogP contribution in [-0.2, 0) is 17.8 Å². The molecular formula is C19H24N4O. The van der Waals surface area contributed by atoms with Crippen molar-refractivity contribution in [2.75, 3.05) is 18.4 Å². The molecule has 1 aromatic carbocycles. The van der Waals surface area contributed by atoms with Crippen molar-refractivity contribution in [2.24, 2.45) is 5.92 Å². The Balaban J connectivity index is 1.81. The highest BCUT2D eigenvalue weighted by Crippen LogP contribution is 2.26. The van der Waals surface area contributed by atoms with E-state index in [2.05, 4.69) is 47.3 Å². The van der Waals surface area contributed by atoms with Crippen LogP contribution in [0, 0.1) is 5.92 Å². The van der Waals surface area contributed by atoms with Gasteiger partial charge in [-0.15, -0.1) is 0 Å². The third-order valence-corrected chi connectivity index (χ3v) is 4.32. The summed E-state index contributed by atoms with van der Waals surface area (Å²) < 4.78 is 0. The molecule has 1 N–H and O–H groups in total. The number of amides is 1. The first-order valence-electron chi connectivity index (χ1n) is 8.46. The Labute approximate surface area is 143 Å². The largest absolute Gasteiger partial charge is 0.370 e. The molecule has 1 amide bonds. The van der Waals surface area contributed by atoms with Gasteiger partial charge in [-0.25, -0.2) is 9.97 Å². The van der Waals surface area contributed by atoms with E-state index < -0.39 is 0 Å². The second kappa shape index (κ2) is 6.99. The third-order valence-electron chi connectivity index (χ3n) is 4.32. The molecule has 0 saturated carbocycles. The van der Waals surface area contributed by atoms with Gasteiger partial charge in [0.1, 0.15) is 12.1 Å². The molecule has 1 aliphatic heterocycles. The maximum absolute atomic E-state index is 11.5. The summed E-state index contributed by atoms with van der Waals surface area (Å²) in [6.07, 6.45) is 2.50. The molecule has 0 unspecified atom stereocenters. The Bertz CT molecular complexity index is 742. The van der Waals surface area contributed by atoms with Gasteiger partial charge in [0.2, 0.25) is 5.91 Å². The van der Waals surface area contributed by atoms with Gasteiger partial charge >= 0.3 is 0 Å². The number of hydrogen-bond donors (Lipinski definition) is 1. The highest BCUT2D eigenvalue weighted by atomic mass is 16.2. The molecule has 1 aliphatic rings. The van der Waals surface area contributed by atoms with Gasteiger partial charge in [0.25, 0.3) is 0 Å². The Morgan fingerprint density at radius 2 is 2.08 bits per heavy atom. The highest BCUT2D eigenvalue weighted by molar-refractivity contribution is 5.74. The zero-order chi connectivity index (χ0) is 17.1. The summed E-state index contributed by atoms with van der Waals surface area (Å²) in [6, 6.07) is 8.39. The third kappa shape index (κ3) is 3.72. The summed E-state index contributed by atoms with van der Waals surface area (Å²) in [5, 5.41) is 3.34. The smallest absolute Gasteiger partial charge is 0.219 e. The molecule has 3 rings (SSSR count). The Kier molecular flexibility index (Phi) is 4.79. The second-order valence-corrected chi connectivity index (χ2v) is 6.74. The lowest BCUT2D eigenvalue weighted by Gasteiger charge is -2.28. The molecule has 1 aromatic heterocycles. The first-order chi connectivity index (χ1) is 11.5. The van der Waals surface area contributed by atoms with Crippen LogP contribution >= 0.6 is 0 Å². The molecule has 0 fully saturated rings. The predicted octanol–water partition coefficient (Wildman–Crippen LogP) is 3.12. The summed E-state index contributed by atoms with van der Waals surface area (Å²) in [5.74, 6) is 1.56. The van der Waals surface area contributed by atoms with E-state index in [4.69, 9.17) is 0 Å². The first-order valence-corrected chi connectivity index (χ1v) is 8.46. The Morgan fingerprint density at radius 3 is 2.83 bits per heavy atom. The van der Waals surface area contributed by atoms with Crippen LogP contribution in [0.2, 0.25) is 0 Å². The number of carbonyl (C=O) groups excluding carboxylic acids is 1. The Hall–Kier alpha value is -2.43. The van der Waals surface area contributed by atoms with Crippen molar-refractivity contribution in [1.29, 1.82) is 0 Å². The molecule has 126 valence electrons. The van der Waals surface area contributed by atoms with E-state index in [1.165, 1.54) is 11.1 Å². The fourth-order valence-electron chi connectivity index (χ4n) is 2.90. The van der Waals surface area contributed by atoms with Crippen molar-refractivity contribution >= 4 is 11.7 Å². The van der Waals surface area contributed by atoms with Gasteiger partial charge in [0, 0.05) is 38.2 Å². The van der Waals surface area contributed by atoms with E-state index in [-0.39, 0.29) is 5.91 Å². The lowest BCUT2D eigenvalue weighted by Crippen LogP contribution is -2.34. The van der Waals surface area contributed by atoms with Crippen molar-refractivity contribution < 1.29 is 4.79 Å². The predicted molar refractivity (Wildman–Crippen MR) is 95.6 cm³/mol. The molecule has 5 nitrogen and oxygen atoms in total. The Morgan fingerprint density at radius 1 is 1.25 bits per heavy atom. The zero-order valence-electron chi connectivity index (χ0n) is 14.5. The van der Waals surface area contributed by atoms with Gasteiger partial charge in [-0.1, -0.05) is 26.0 Å². The van der Waals surface area contributed by atoms with Gasteiger partial charge in [-0.05, 0) is 29.5 Å². The topological polar surface area (TPSA) is 58.1 Å². The molecule has 0 saturated heterocycles. The quantitative estimate of drug-likeness (QED) is 0.939. The SMILES string of the molecule is CC(=O)N1CCc2cc(-c3cc(NCC(C)C)ncn3)ccc2C1. The minimum atomic E-state index is 0.140. The fraction of sp³-hybridized carbons (Fsp3) is 0.421. The summed E-state index contributed by atoms with van der Waals surface area (Å²) in [6.45, 7) is 8.35. The second-order valence-electron chi connectivity index (χ2n) is 6.74. The molecule has 0 bridgehead atoms. The van der Waals surface area contributed by atoms with Gasteiger partial charge < -0.3 is 10.2 Å². The van der Waals surface area contributed by atoms with Crippen molar-refractivity contribution in [3.05, 3.63) is 41.7 Å². The fourth-order valence-corrected chi connectivity index (χ4v) is 2.90. The van der Waals surface area contributed by atoms with Crippen LogP contribution in [-0.4, -0.2) is 33.9 Å². The maximum Gasteiger partial charge on any atom is 0.219 e. The van der Waals surface area contributed by atoms with Crippen LogP contribution in [0.15, 0.2) is 30.6 Å². The van der Waals surface area contributed by atoms with E-state index in [1.54, 1.807) is 13.3 Å². The van der Waals surface area contributed by atoms with Crippen molar-refractivity contribution in [1.82, 2.24) is 14.9 Å². The van der Waals surface area contributed by atoms with Gasteiger partial charge in [-0.2, -0.15) is 0 Å². The average Bonchev–Trinajstić information content (AvgIpc) is 2.59. The number of rotatable bonds is 4. The zero-order valence-corrected chi connectivity index (χ0v) is 14.5. The van der Waals surface area contributed by atoms with Gasteiger partial charge in [-0.3, -0.25) is 4.79 Å². The number of aromatic nitrogens is 2. The van der Waals surface area contributed by atoms with E-state index in [9.17, 15) is 4.79 Å². The molecule has 0 radical (unpaired) electrons. The number of carbonyl (C=O) groups is 1.